The highest BCUT2D eigenvalue weighted by atomic mass is 32.2. The normalized spacial score (nSPS) is 27.2. The number of nitrogens with zero attached hydrogens (tertiary/aromatic N) is 1. The minimum atomic E-state index is -2.82. The van der Waals surface area contributed by atoms with Crippen LogP contribution in [0.4, 0.5) is 0 Å². The Labute approximate surface area is 124 Å². The van der Waals surface area contributed by atoms with E-state index in [0.29, 0.717) is 17.3 Å². The van der Waals surface area contributed by atoms with Crippen molar-refractivity contribution < 1.29 is 8.42 Å². The van der Waals surface area contributed by atoms with Crippen LogP contribution in [0.15, 0.2) is 0 Å². The van der Waals surface area contributed by atoms with E-state index in [0.717, 1.165) is 26.1 Å². The molecule has 1 N–H and O–H groups in total. The van der Waals surface area contributed by atoms with E-state index in [1.54, 1.807) is 0 Å². The van der Waals surface area contributed by atoms with Gasteiger partial charge in [-0.3, -0.25) is 4.90 Å². The average Bonchev–Trinajstić information content (AvgIpc) is 2.80. The topological polar surface area (TPSA) is 49.4 Å². The van der Waals surface area contributed by atoms with Gasteiger partial charge in [0, 0.05) is 30.9 Å². The summed E-state index contributed by atoms with van der Waals surface area (Å²) in [6.07, 6.45) is 9.76. The second-order valence-electron chi connectivity index (χ2n) is 6.76. The summed E-state index contributed by atoms with van der Waals surface area (Å²) in [5, 5.41) is 3.81. The zero-order valence-electron chi connectivity index (χ0n) is 13.0. The molecule has 0 radical (unpaired) electrons. The summed E-state index contributed by atoms with van der Waals surface area (Å²) in [7, 11) is -2.82. The third-order valence-corrected chi connectivity index (χ3v) is 5.91. The Kier molecular flexibility index (Phi) is 5.49. The van der Waals surface area contributed by atoms with Gasteiger partial charge in [0.1, 0.15) is 9.84 Å². The predicted molar refractivity (Wildman–Crippen MR) is 83.8 cm³/mol. The van der Waals surface area contributed by atoms with Gasteiger partial charge in [-0.15, -0.1) is 0 Å². The van der Waals surface area contributed by atoms with Gasteiger partial charge in [-0.25, -0.2) is 8.42 Å². The fourth-order valence-electron chi connectivity index (χ4n) is 3.83. The van der Waals surface area contributed by atoms with Gasteiger partial charge in [0.15, 0.2) is 0 Å². The Bertz CT molecular complexity index is 402. The molecule has 1 aliphatic heterocycles. The number of hydrogen-bond acceptors (Lipinski definition) is 4. The maximum atomic E-state index is 11.3. The summed E-state index contributed by atoms with van der Waals surface area (Å²) < 4.78 is 22.6. The molecule has 0 bridgehead atoms. The standard InChI is InChI=1S/C15H30N2O2S/c1-3-7-14-12-16-15(8-4-5-9-15)13-17(14)10-6-11-20(2,18)19/h14,16H,3-13H2,1-2H3. The lowest BCUT2D eigenvalue weighted by Crippen LogP contribution is -2.63. The summed E-state index contributed by atoms with van der Waals surface area (Å²) in [4.78, 5) is 2.57. The highest BCUT2D eigenvalue weighted by Gasteiger charge is 2.40. The van der Waals surface area contributed by atoms with E-state index in [4.69, 9.17) is 0 Å². The first kappa shape index (κ1) is 16.2. The van der Waals surface area contributed by atoms with Crippen molar-refractivity contribution in [3.05, 3.63) is 0 Å². The molecule has 2 aliphatic rings. The maximum Gasteiger partial charge on any atom is 0.147 e. The molecule has 1 spiro atoms. The van der Waals surface area contributed by atoms with Gasteiger partial charge in [0.2, 0.25) is 0 Å². The van der Waals surface area contributed by atoms with E-state index in [1.165, 1.54) is 44.8 Å². The van der Waals surface area contributed by atoms with Crippen molar-refractivity contribution in [1.82, 2.24) is 10.2 Å². The van der Waals surface area contributed by atoms with Gasteiger partial charge in [-0.2, -0.15) is 0 Å². The van der Waals surface area contributed by atoms with Crippen molar-refractivity contribution in [2.45, 2.75) is 63.5 Å². The molecular weight excluding hydrogens is 272 g/mol. The molecule has 20 heavy (non-hydrogen) atoms. The second kappa shape index (κ2) is 6.75. The molecule has 2 fully saturated rings. The average molecular weight is 302 g/mol. The van der Waals surface area contributed by atoms with Crippen LogP contribution in [-0.4, -0.2) is 56.5 Å². The predicted octanol–water partition coefficient (Wildman–Crippen LogP) is 1.81. The summed E-state index contributed by atoms with van der Waals surface area (Å²) in [5.41, 5.74) is 0.329. The van der Waals surface area contributed by atoms with Crippen molar-refractivity contribution in [2.75, 3.05) is 31.6 Å². The van der Waals surface area contributed by atoms with Crippen LogP contribution in [0, 0.1) is 0 Å². The minimum absolute atomic E-state index is 0.322. The Morgan fingerprint density at radius 2 is 2.00 bits per heavy atom. The number of rotatable bonds is 6. The van der Waals surface area contributed by atoms with Crippen molar-refractivity contribution in [3.8, 4) is 0 Å². The zero-order valence-corrected chi connectivity index (χ0v) is 13.8. The summed E-state index contributed by atoms with van der Waals surface area (Å²) in [6.45, 7) is 5.35. The first-order valence-electron chi connectivity index (χ1n) is 8.11. The third-order valence-electron chi connectivity index (χ3n) is 4.88. The first-order valence-corrected chi connectivity index (χ1v) is 10.2. The molecule has 4 nitrogen and oxygen atoms in total. The highest BCUT2D eigenvalue weighted by molar-refractivity contribution is 7.90. The fraction of sp³-hybridized carbons (Fsp3) is 1.00. The molecule has 2 rings (SSSR count). The van der Waals surface area contributed by atoms with Crippen LogP contribution in [0.3, 0.4) is 0 Å². The van der Waals surface area contributed by atoms with E-state index >= 15 is 0 Å². The molecule has 1 saturated heterocycles. The number of piperazine rings is 1. The quantitative estimate of drug-likeness (QED) is 0.813. The molecule has 1 atom stereocenters. The molecule has 1 saturated carbocycles. The Morgan fingerprint density at radius 3 is 2.60 bits per heavy atom. The molecule has 0 aromatic heterocycles. The largest absolute Gasteiger partial charge is 0.308 e. The van der Waals surface area contributed by atoms with Gasteiger partial charge in [-0.05, 0) is 32.2 Å². The van der Waals surface area contributed by atoms with Gasteiger partial charge in [0.05, 0.1) is 5.75 Å². The fourth-order valence-corrected chi connectivity index (χ4v) is 4.49. The third kappa shape index (κ3) is 4.43. The zero-order chi connectivity index (χ0) is 14.6. The monoisotopic (exact) mass is 302 g/mol. The molecule has 0 aromatic carbocycles. The van der Waals surface area contributed by atoms with Crippen molar-refractivity contribution in [3.63, 3.8) is 0 Å². The molecule has 5 heteroatoms. The van der Waals surface area contributed by atoms with Gasteiger partial charge in [0.25, 0.3) is 0 Å². The smallest absolute Gasteiger partial charge is 0.147 e. The van der Waals surface area contributed by atoms with E-state index in [2.05, 4.69) is 17.1 Å². The van der Waals surface area contributed by atoms with Gasteiger partial charge >= 0.3 is 0 Å². The van der Waals surface area contributed by atoms with Crippen LogP contribution < -0.4 is 5.32 Å². The van der Waals surface area contributed by atoms with Crippen LogP contribution >= 0.6 is 0 Å². The van der Waals surface area contributed by atoms with Gasteiger partial charge in [-0.1, -0.05) is 26.2 Å². The number of sulfone groups is 1. The van der Waals surface area contributed by atoms with Crippen LogP contribution in [-0.2, 0) is 9.84 Å². The second-order valence-corrected chi connectivity index (χ2v) is 9.02. The van der Waals surface area contributed by atoms with Crippen molar-refractivity contribution in [2.24, 2.45) is 0 Å². The first-order chi connectivity index (χ1) is 9.44. The van der Waals surface area contributed by atoms with E-state index < -0.39 is 9.84 Å². The number of hydrogen-bond donors (Lipinski definition) is 1. The van der Waals surface area contributed by atoms with Crippen LogP contribution in [0.25, 0.3) is 0 Å². The lowest BCUT2D eigenvalue weighted by atomic mass is 9.91. The van der Waals surface area contributed by atoms with Crippen LogP contribution in [0.1, 0.15) is 51.9 Å². The Hall–Kier alpha value is -0.130. The molecule has 0 amide bonds. The van der Waals surface area contributed by atoms with E-state index in [9.17, 15) is 8.42 Å². The highest BCUT2D eigenvalue weighted by Crippen LogP contribution is 2.33. The van der Waals surface area contributed by atoms with Gasteiger partial charge < -0.3 is 5.32 Å². The molecule has 1 heterocycles. The van der Waals surface area contributed by atoms with Crippen molar-refractivity contribution >= 4 is 9.84 Å². The van der Waals surface area contributed by atoms with E-state index in [1.807, 2.05) is 0 Å². The number of nitrogens with one attached hydrogen (secondary N) is 1. The summed E-state index contributed by atoms with van der Waals surface area (Å²) >= 11 is 0. The lowest BCUT2D eigenvalue weighted by Gasteiger charge is -2.46. The Balaban J connectivity index is 1.92. The van der Waals surface area contributed by atoms with E-state index in [-0.39, 0.29) is 0 Å². The maximum absolute atomic E-state index is 11.3. The molecule has 118 valence electrons. The summed E-state index contributed by atoms with van der Waals surface area (Å²) in [6, 6.07) is 0.589. The summed E-state index contributed by atoms with van der Waals surface area (Å²) in [5.74, 6) is 0.322. The Morgan fingerprint density at radius 1 is 1.30 bits per heavy atom. The van der Waals surface area contributed by atoms with Crippen molar-refractivity contribution in [1.29, 1.82) is 0 Å². The molecule has 1 aliphatic carbocycles. The molecule has 1 unspecified atom stereocenters. The van der Waals surface area contributed by atoms with Crippen LogP contribution in [0.5, 0.6) is 0 Å². The van der Waals surface area contributed by atoms with Crippen LogP contribution in [0.2, 0.25) is 0 Å². The molecule has 0 aromatic rings. The minimum Gasteiger partial charge on any atom is -0.308 e. The SMILES string of the molecule is CCCC1CNC2(CCCC2)CN1CCCS(C)(=O)=O. The molecular formula is C15H30N2O2S. The lowest BCUT2D eigenvalue weighted by molar-refractivity contribution is 0.0758.